The number of halogens is 1. The van der Waals surface area contributed by atoms with Gasteiger partial charge in [-0.2, -0.15) is 0 Å². The minimum absolute atomic E-state index is 0.317. The van der Waals surface area contributed by atoms with E-state index >= 15 is 0 Å². The van der Waals surface area contributed by atoms with E-state index in [2.05, 4.69) is 0 Å². The fraction of sp³-hybridized carbons (Fsp3) is 0.562. The molecule has 1 heterocycles. The standard InChI is InChI=1S/C16H20ClNO2/c17-16(15(19)20)10-13-8-4-5-9-14(13)18(16)11-12-6-2-1-3-7-12/h1-3,6-7,13-14H,4-5,8-11H2,(H,19,20)/t13-,14+,16-/m1/s1. The Labute approximate surface area is 124 Å². The van der Waals surface area contributed by atoms with Crippen LogP contribution >= 0.6 is 11.6 Å². The lowest BCUT2D eigenvalue weighted by molar-refractivity contribution is -0.145. The van der Waals surface area contributed by atoms with Crippen molar-refractivity contribution in [1.29, 1.82) is 0 Å². The summed E-state index contributed by atoms with van der Waals surface area (Å²) >= 11 is 6.52. The molecular formula is C16H20ClNO2. The van der Waals surface area contributed by atoms with Crippen molar-refractivity contribution in [2.75, 3.05) is 0 Å². The van der Waals surface area contributed by atoms with Gasteiger partial charge < -0.3 is 5.11 Å². The largest absolute Gasteiger partial charge is 0.479 e. The predicted molar refractivity (Wildman–Crippen MR) is 78.6 cm³/mol. The molecule has 1 aliphatic carbocycles. The van der Waals surface area contributed by atoms with E-state index in [0.717, 1.165) is 18.4 Å². The van der Waals surface area contributed by atoms with Crippen molar-refractivity contribution in [3.63, 3.8) is 0 Å². The maximum absolute atomic E-state index is 11.7. The van der Waals surface area contributed by atoms with Crippen LogP contribution in [0.25, 0.3) is 0 Å². The normalized spacial score (nSPS) is 33.9. The first-order valence-corrected chi connectivity index (χ1v) is 7.72. The minimum Gasteiger partial charge on any atom is -0.479 e. The van der Waals surface area contributed by atoms with E-state index in [4.69, 9.17) is 11.6 Å². The Morgan fingerprint density at radius 3 is 2.70 bits per heavy atom. The zero-order chi connectivity index (χ0) is 14.2. The highest BCUT2D eigenvalue weighted by Gasteiger charge is 2.55. The third kappa shape index (κ3) is 2.33. The van der Waals surface area contributed by atoms with Gasteiger partial charge in [-0.15, -0.1) is 0 Å². The fourth-order valence-corrected chi connectivity index (χ4v) is 4.18. The summed E-state index contributed by atoms with van der Waals surface area (Å²) in [6.07, 6.45) is 5.13. The van der Waals surface area contributed by atoms with Crippen molar-refractivity contribution in [2.24, 2.45) is 5.92 Å². The molecule has 0 amide bonds. The predicted octanol–water partition coefficient (Wildman–Crippen LogP) is 3.47. The molecule has 1 aromatic carbocycles. The molecule has 108 valence electrons. The van der Waals surface area contributed by atoms with Crippen molar-refractivity contribution in [3.05, 3.63) is 35.9 Å². The van der Waals surface area contributed by atoms with Crippen LogP contribution in [-0.4, -0.2) is 27.0 Å². The second kappa shape index (κ2) is 5.38. The SMILES string of the molecule is O=C(O)[C@@]1(Cl)C[C@H]2CCCC[C@@H]2N1Cc1ccccc1. The van der Waals surface area contributed by atoms with Crippen LogP contribution in [0, 0.1) is 5.92 Å². The Bertz CT molecular complexity index is 493. The molecule has 1 saturated heterocycles. The lowest BCUT2D eigenvalue weighted by Gasteiger charge is -2.35. The second-order valence-corrected chi connectivity index (χ2v) is 6.62. The molecule has 0 unspecified atom stereocenters. The fourth-order valence-electron chi connectivity index (χ4n) is 3.80. The monoisotopic (exact) mass is 293 g/mol. The summed E-state index contributed by atoms with van der Waals surface area (Å²) in [7, 11) is 0. The van der Waals surface area contributed by atoms with Gasteiger partial charge in [0.2, 0.25) is 0 Å². The summed E-state index contributed by atoms with van der Waals surface area (Å²) in [6.45, 7) is 0.623. The number of aliphatic carboxylic acids is 1. The number of carboxylic acids is 1. The van der Waals surface area contributed by atoms with Crippen LogP contribution in [0.4, 0.5) is 0 Å². The molecule has 1 N–H and O–H groups in total. The molecule has 2 aliphatic rings. The second-order valence-electron chi connectivity index (χ2n) is 5.99. The van der Waals surface area contributed by atoms with Crippen LogP contribution < -0.4 is 0 Å². The number of hydrogen-bond acceptors (Lipinski definition) is 2. The highest BCUT2D eigenvalue weighted by molar-refractivity contribution is 6.33. The molecule has 2 fully saturated rings. The summed E-state index contributed by atoms with van der Waals surface area (Å²) in [5.74, 6) is -0.467. The van der Waals surface area contributed by atoms with E-state index in [9.17, 15) is 9.90 Å². The van der Waals surface area contributed by atoms with E-state index < -0.39 is 11.0 Å². The van der Waals surface area contributed by atoms with E-state index in [1.165, 1.54) is 12.8 Å². The van der Waals surface area contributed by atoms with E-state index in [-0.39, 0.29) is 0 Å². The summed E-state index contributed by atoms with van der Waals surface area (Å²) in [5.41, 5.74) is 1.13. The zero-order valence-electron chi connectivity index (χ0n) is 11.5. The first kappa shape index (κ1) is 13.9. The van der Waals surface area contributed by atoms with E-state index in [1.54, 1.807) is 0 Å². The third-order valence-electron chi connectivity index (χ3n) is 4.78. The number of hydrogen-bond donors (Lipinski definition) is 1. The average Bonchev–Trinajstić information content (AvgIpc) is 2.74. The van der Waals surface area contributed by atoms with Gasteiger partial charge in [-0.3, -0.25) is 4.90 Å². The van der Waals surface area contributed by atoms with E-state index in [0.29, 0.717) is 24.9 Å². The van der Waals surface area contributed by atoms with Crippen LogP contribution in [0.2, 0.25) is 0 Å². The Morgan fingerprint density at radius 2 is 2.00 bits per heavy atom. The van der Waals surface area contributed by atoms with Crippen molar-refractivity contribution < 1.29 is 9.90 Å². The summed E-state index contributed by atoms with van der Waals surface area (Å²) < 4.78 is 0. The topological polar surface area (TPSA) is 40.5 Å². The Balaban J connectivity index is 1.89. The molecule has 0 bridgehead atoms. The molecular weight excluding hydrogens is 274 g/mol. The van der Waals surface area contributed by atoms with Gasteiger partial charge in [0.25, 0.3) is 0 Å². The maximum Gasteiger partial charge on any atom is 0.339 e. The number of benzene rings is 1. The van der Waals surface area contributed by atoms with Gasteiger partial charge in [0.1, 0.15) is 0 Å². The number of carbonyl (C=O) groups is 1. The Morgan fingerprint density at radius 1 is 1.30 bits per heavy atom. The molecule has 0 aromatic heterocycles. The van der Waals surface area contributed by atoms with Gasteiger partial charge >= 0.3 is 5.97 Å². The number of rotatable bonds is 3. The molecule has 1 aromatic rings. The number of fused-ring (bicyclic) bond motifs is 1. The maximum atomic E-state index is 11.7. The van der Waals surface area contributed by atoms with Gasteiger partial charge in [0, 0.05) is 12.6 Å². The summed E-state index contributed by atoms with van der Waals surface area (Å²) in [6, 6.07) is 10.3. The molecule has 1 aliphatic heterocycles. The van der Waals surface area contributed by atoms with Crippen LogP contribution in [0.15, 0.2) is 30.3 Å². The third-order valence-corrected chi connectivity index (χ3v) is 5.31. The van der Waals surface area contributed by atoms with Crippen LogP contribution in [0.5, 0.6) is 0 Å². The number of alkyl halides is 1. The lowest BCUT2D eigenvalue weighted by atomic mass is 9.84. The van der Waals surface area contributed by atoms with Crippen molar-refractivity contribution in [2.45, 2.75) is 49.7 Å². The molecule has 3 rings (SSSR count). The smallest absolute Gasteiger partial charge is 0.339 e. The lowest BCUT2D eigenvalue weighted by Crippen LogP contribution is -2.48. The van der Waals surface area contributed by atoms with Gasteiger partial charge in [0.05, 0.1) is 0 Å². The van der Waals surface area contributed by atoms with Crippen molar-refractivity contribution in [1.82, 2.24) is 4.90 Å². The van der Waals surface area contributed by atoms with Gasteiger partial charge in [-0.05, 0) is 30.7 Å². The Kier molecular flexibility index (Phi) is 3.74. The summed E-state index contributed by atoms with van der Waals surface area (Å²) in [4.78, 5) is 12.5. The van der Waals surface area contributed by atoms with Crippen molar-refractivity contribution >= 4 is 17.6 Å². The molecule has 3 atom stereocenters. The minimum atomic E-state index is -1.23. The van der Waals surface area contributed by atoms with Crippen LogP contribution in [-0.2, 0) is 11.3 Å². The first-order chi connectivity index (χ1) is 9.61. The number of likely N-dealkylation sites (tertiary alicyclic amines) is 1. The van der Waals surface area contributed by atoms with E-state index in [1.807, 2.05) is 35.2 Å². The van der Waals surface area contributed by atoms with Crippen LogP contribution in [0.3, 0.4) is 0 Å². The number of carboxylic acid groups (broad SMARTS) is 1. The highest BCUT2D eigenvalue weighted by Crippen LogP contribution is 2.48. The number of nitrogens with zero attached hydrogens (tertiary/aromatic N) is 1. The van der Waals surface area contributed by atoms with Gasteiger partial charge in [-0.25, -0.2) is 4.79 Å². The molecule has 0 radical (unpaired) electrons. The molecule has 3 nitrogen and oxygen atoms in total. The molecule has 0 spiro atoms. The average molecular weight is 294 g/mol. The molecule has 20 heavy (non-hydrogen) atoms. The van der Waals surface area contributed by atoms with Gasteiger partial charge in [0.15, 0.2) is 5.00 Å². The Hall–Kier alpha value is -1.06. The summed E-state index contributed by atoms with van der Waals surface area (Å²) in [5, 5.41) is 9.59. The zero-order valence-corrected chi connectivity index (χ0v) is 12.2. The quantitative estimate of drug-likeness (QED) is 0.685. The van der Waals surface area contributed by atoms with Crippen molar-refractivity contribution in [3.8, 4) is 0 Å². The molecule has 4 heteroatoms. The first-order valence-electron chi connectivity index (χ1n) is 7.34. The van der Waals surface area contributed by atoms with Gasteiger partial charge in [-0.1, -0.05) is 54.8 Å². The van der Waals surface area contributed by atoms with Crippen LogP contribution in [0.1, 0.15) is 37.7 Å². The highest BCUT2D eigenvalue weighted by atomic mass is 35.5. The molecule has 1 saturated carbocycles.